The summed E-state index contributed by atoms with van der Waals surface area (Å²) < 4.78 is 0. The molecule has 0 aromatic carbocycles. The van der Waals surface area contributed by atoms with E-state index in [1.165, 1.54) is 38.2 Å². The Kier molecular flexibility index (Phi) is 6.78. The average Bonchev–Trinajstić information content (AvgIpc) is 2.29. The van der Waals surface area contributed by atoms with E-state index >= 15 is 0 Å². The minimum atomic E-state index is 0.647. The van der Waals surface area contributed by atoms with Crippen LogP contribution in [0.1, 0.15) is 33.6 Å². The van der Waals surface area contributed by atoms with Crippen molar-refractivity contribution in [2.75, 3.05) is 31.6 Å². The fourth-order valence-corrected chi connectivity index (χ4v) is 3.25. The normalized spacial score (nSPS) is 23.2. The van der Waals surface area contributed by atoms with E-state index in [0.717, 1.165) is 5.92 Å². The van der Waals surface area contributed by atoms with Gasteiger partial charge in [-0.3, -0.25) is 0 Å². The van der Waals surface area contributed by atoms with Crippen LogP contribution in [0.2, 0.25) is 0 Å². The van der Waals surface area contributed by atoms with Crippen LogP contribution in [0.5, 0.6) is 0 Å². The highest BCUT2D eigenvalue weighted by Crippen LogP contribution is 2.20. The zero-order valence-corrected chi connectivity index (χ0v) is 12.1. The SMILES string of the molecule is CCN1CCC(C(C)NC(C)CSC)CC1. The molecule has 0 aromatic heterocycles. The van der Waals surface area contributed by atoms with E-state index in [9.17, 15) is 0 Å². The maximum atomic E-state index is 3.74. The summed E-state index contributed by atoms with van der Waals surface area (Å²) in [5, 5.41) is 3.74. The summed E-state index contributed by atoms with van der Waals surface area (Å²) in [5.74, 6) is 2.10. The van der Waals surface area contributed by atoms with Gasteiger partial charge in [0.25, 0.3) is 0 Å². The number of likely N-dealkylation sites (tertiary alicyclic amines) is 1. The van der Waals surface area contributed by atoms with Gasteiger partial charge in [0.2, 0.25) is 0 Å². The average molecular weight is 244 g/mol. The summed E-state index contributed by atoms with van der Waals surface area (Å²) >= 11 is 1.93. The number of thioether (sulfide) groups is 1. The molecule has 0 saturated carbocycles. The predicted octanol–water partition coefficient (Wildman–Crippen LogP) is 2.45. The van der Waals surface area contributed by atoms with Crippen LogP contribution in [-0.2, 0) is 0 Å². The van der Waals surface area contributed by atoms with Crippen molar-refractivity contribution in [2.45, 2.75) is 45.7 Å². The lowest BCUT2D eigenvalue weighted by atomic mass is 9.90. The van der Waals surface area contributed by atoms with Gasteiger partial charge in [-0.05, 0) is 58.5 Å². The summed E-state index contributed by atoms with van der Waals surface area (Å²) in [7, 11) is 0. The van der Waals surface area contributed by atoms with Gasteiger partial charge in [-0.1, -0.05) is 6.92 Å². The quantitative estimate of drug-likeness (QED) is 0.772. The van der Waals surface area contributed by atoms with Gasteiger partial charge in [-0.2, -0.15) is 11.8 Å². The number of hydrogen-bond donors (Lipinski definition) is 1. The molecule has 1 rings (SSSR count). The first-order valence-electron chi connectivity index (χ1n) is 6.64. The highest BCUT2D eigenvalue weighted by atomic mass is 32.2. The van der Waals surface area contributed by atoms with Crippen LogP contribution in [0.25, 0.3) is 0 Å². The minimum absolute atomic E-state index is 0.647. The lowest BCUT2D eigenvalue weighted by molar-refractivity contribution is 0.166. The Hall–Kier alpha value is 0.270. The summed E-state index contributed by atoms with van der Waals surface area (Å²) in [4.78, 5) is 2.56. The largest absolute Gasteiger partial charge is 0.311 e. The van der Waals surface area contributed by atoms with Crippen molar-refractivity contribution < 1.29 is 0 Å². The molecule has 16 heavy (non-hydrogen) atoms. The monoisotopic (exact) mass is 244 g/mol. The topological polar surface area (TPSA) is 15.3 Å². The van der Waals surface area contributed by atoms with Crippen LogP contribution in [0, 0.1) is 5.92 Å². The summed E-state index contributed by atoms with van der Waals surface area (Å²) in [6.45, 7) is 10.7. The Labute approximate surface area is 106 Å². The lowest BCUT2D eigenvalue weighted by Gasteiger charge is -2.35. The van der Waals surface area contributed by atoms with Crippen LogP contribution >= 0.6 is 11.8 Å². The van der Waals surface area contributed by atoms with Crippen molar-refractivity contribution in [3.8, 4) is 0 Å². The van der Waals surface area contributed by atoms with Crippen molar-refractivity contribution >= 4 is 11.8 Å². The molecule has 2 nitrogen and oxygen atoms in total. The highest BCUT2D eigenvalue weighted by Gasteiger charge is 2.23. The molecule has 0 amide bonds. The number of nitrogens with one attached hydrogen (secondary N) is 1. The zero-order valence-electron chi connectivity index (χ0n) is 11.3. The molecule has 0 bridgehead atoms. The lowest BCUT2D eigenvalue weighted by Crippen LogP contribution is -2.45. The Morgan fingerprint density at radius 3 is 2.44 bits per heavy atom. The first kappa shape index (κ1) is 14.3. The standard InChI is InChI=1S/C13H28N2S/c1-5-15-8-6-13(7-9-15)12(3)14-11(2)10-16-4/h11-14H,5-10H2,1-4H3. The predicted molar refractivity (Wildman–Crippen MR) is 75.3 cm³/mol. The van der Waals surface area contributed by atoms with Gasteiger partial charge >= 0.3 is 0 Å². The third kappa shape index (κ3) is 4.64. The van der Waals surface area contributed by atoms with E-state index in [4.69, 9.17) is 0 Å². The smallest absolute Gasteiger partial charge is 0.0132 e. The minimum Gasteiger partial charge on any atom is -0.311 e. The van der Waals surface area contributed by atoms with E-state index in [-0.39, 0.29) is 0 Å². The molecule has 0 aromatic rings. The molecule has 0 spiro atoms. The Bertz CT molecular complexity index is 179. The molecule has 1 saturated heterocycles. The molecule has 2 unspecified atom stereocenters. The zero-order chi connectivity index (χ0) is 12.0. The molecular formula is C13H28N2S. The molecule has 0 radical (unpaired) electrons. The van der Waals surface area contributed by atoms with Gasteiger partial charge in [-0.25, -0.2) is 0 Å². The Morgan fingerprint density at radius 1 is 1.31 bits per heavy atom. The second kappa shape index (κ2) is 7.57. The van der Waals surface area contributed by atoms with Gasteiger partial charge in [0.05, 0.1) is 0 Å². The number of nitrogens with zero attached hydrogens (tertiary/aromatic N) is 1. The van der Waals surface area contributed by atoms with Gasteiger partial charge in [0, 0.05) is 17.8 Å². The highest BCUT2D eigenvalue weighted by molar-refractivity contribution is 7.98. The van der Waals surface area contributed by atoms with Gasteiger partial charge in [-0.15, -0.1) is 0 Å². The van der Waals surface area contributed by atoms with Crippen molar-refractivity contribution in [3.05, 3.63) is 0 Å². The Morgan fingerprint density at radius 2 is 1.94 bits per heavy atom. The van der Waals surface area contributed by atoms with Crippen LogP contribution in [0.4, 0.5) is 0 Å². The van der Waals surface area contributed by atoms with E-state index in [1.54, 1.807) is 0 Å². The first-order chi connectivity index (χ1) is 7.67. The van der Waals surface area contributed by atoms with Crippen LogP contribution in [0.15, 0.2) is 0 Å². The molecule has 3 heteroatoms. The summed E-state index contributed by atoms with van der Waals surface area (Å²) in [5.41, 5.74) is 0. The third-order valence-corrected chi connectivity index (χ3v) is 4.58. The molecule has 0 aliphatic carbocycles. The van der Waals surface area contributed by atoms with Crippen LogP contribution in [-0.4, -0.2) is 48.6 Å². The number of rotatable bonds is 6. The molecule has 1 aliphatic heterocycles. The number of piperidine rings is 1. The first-order valence-corrected chi connectivity index (χ1v) is 8.04. The Balaban J connectivity index is 2.24. The molecule has 2 atom stereocenters. The van der Waals surface area contributed by atoms with Crippen molar-refractivity contribution in [1.29, 1.82) is 0 Å². The fraction of sp³-hybridized carbons (Fsp3) is 1.00. The van der Waals surface area contributed by atoms with Crippen LogP contribution in [0.3, 0.4) is 0 Å². The molecular weight excluding hydrogens is 216 g/mol. The van der Waals surface area contributed by atoms with Crippen molar-refractivity contribution in [1.82, 2.24) is 10.2 Å². The van der Waals surface area contributed by atoms with Crippen molar-refractivity contribution in [3.63, 3.8) is 0 Å². The van der Waals surface area contributed by atoms with Gasteiger partial charge in [0.1, 0.15) is 0 Å². The molecule has 1 N–H and O–H groups in total. The third-order valence-electron chi connectivity index (χ3n) is 3.75. The van der Waals surface area contributed by atoms with Gasteiger partial charge < -0.3 is 10.2 Å². The molecule has 96 valence electrons. The number of hydrogen-bond acceptors (Lipinski definition) is 3. The van der Waals surface area contributed by atoms with Gasteiger partial charge in [0.15, 0.2) is 0 Å². The van der Waals surface area contributed by atoms with E-state index in [0.29, 0.717) is 12.1 Å². The maximum Gasteiger partial charge on any atom is 0.0132 e. The van der Waals surface area contributed by atoms with E-state index < -0.39 is 0 Å². The second-order valence-corrected chi connectivity index (χ2v) is 5.99. The van der Waals surface area contributed by atoms with E-state index in [2.05, 4.69) is 37.2 Å². The fourth-order valence-electron chi connectivity index (χ4n) is 2.65. The molecule has 1 heterocycles. The van der Waals surface area contributed by atoms with Crippen LogP contribution < -0.4 is 5.32 Å². The molecule has 1 fully saturated rings. The summed E-state index contributed by atoms with van der Waals surface area (Å²) in [6, 6.07) is 1.33. The summed E-state index contributed by atoms with van der Waals surface area (Å²) in [6.07, 6.45) is 4.92. The second-order valence-electron chi connectivity index (χ2n) is 5.08. The van der Waals surface area contributed by atoms with Crippen molar-refractivity contribution in [2.24, 2.45) is 5.92 Å². The van der Waals surface area contributed by atoms with E-state index in [1.807, 2.05) is 11.8 Å². The molecule has 1 aliphatic rings. The maximum absolute atomic E-state index is 3.74.